The van der Waals surface area contributed by atoms with Gasteiger partial charge in [0.1, 0.15) is 11.5 Å². The van der Waals surface area contributed by atoms with E-state index in [0.717, 1.165) is 18.7 Å². The first-order valence-corrected chi connectivity index (χ1v) is 5.93. The highest BCUT2D eigenvalue weighted by molar-refractivity contribution is 5.55. The monoisotopic (exact) mass is 238 g/mol. The minimum atomic E-state index is 0.605. The van der Waals surface area contributed by atoms with Crippen molar-refractivity contribution < 1.29 is 9.47 Å². The van der Waals surface area contributed by atoms with Gasteiger partial charge in [-0.3, -0.25) is 0 Å². The van der Waals surface area contributed by atoms with Crippen LogP contribution in [0.2, 0.25) is 0 Å². The van der Waals surface area contributed by atoms with Gasteiger partial charge in [-0.05, 0) is 39.6 Å². The van der Waals surface area contributed by atoms with Crippen LogP contribution in [0, 0.1) is 0 Å². The Morgan fingerprint density at radius 2 is 2.00 bits per heavy atom. The summed E-state index contributed by atoms with van der Waals surface area (Å²) in [6.07, 6.45) is 1.00. The lowest BCUT2D eigenvalue weighted by atomic mass is 10.3. The predicted octanol–water partition coefficient (Wildman–Crippen LogP) is 2.00. The van der Waals surface area contributed by atoms with Crippen molar-refractivity contribution in [2.45, 2.75) is 13.3 Å². The SMILES string of the molecule is CCOc1cc(OCCCN(C)C)ccc1N. The second kappa shape index (κ2) is 7.01. The number of hydrogen-bond acceptors (Lipinski definition) is 4. The topological polar surface area (TPSA) is 47.7 Å². The lowest BCUT2D eigenvalue weighted by Gasteiger charge is -2.12. The molecular formula is C13H22N2O2. The van der Waals surface area contributed by atoms with Crippen molar-refractivity contribution in [3.63, 3.8) is 0 Å². The molecule has 0 aromatic heterocycles. The Hall–Kier alpha value is -1.42. The van der Waals surface area contributed by atoms with Crippen LogP contribution < -0.4 is 15.2 Å². The molecule has 0 fully saturated rings. The molecule has 0 spiro atoms. The van der Waals surface area contributed by atoms with Gasteiger partial charge in [0.15, 0.2) is 0 Å². The number of anilines is 1. The summed E-state index contributed by atoms with van der Waals surface area (Å²) in [5, 5.41) is 0. The Balaban J connectivity index is 2.45. The van der Waals surface area contributed by atoms with Gasteiger partial charge in [0.05, 0.1) is 18.9 Å². The molecule has 0 aliphatic rings. The lowest BCUT2D eigenvalue weighted by molar-refractivity contribution is 0.279. The van der Waals surface area contributed by atoms with E-state index in [1.807, 2.05) is 25.1 Å². The van der Waals surface area contributed by atoms with Crippen LogP contribution in [0.4, 0.5) is 5.69 Å². The average molecular weight is 238 g/mol. The van der Waals surface area contributed by atoms with Crippen LogP contribution in [-0.4, -0.2) is 38.8 Å². The molecule has 0 radical (unpaired) electrons. The fourth-order valence-electron chi connectivity index (χ4n) is 1.46. The molecule has 96 valence electrons. The zero-order valence-corrected chi connectivity index (χ0v) is 10.9. The van der Waals surface area contributed by atoms with Crippen molar-refractivity contribution in [2.75, 3.05) is 39.6 Å². The Bertz CT molecular complexity index is 340. The van der Waals surface area contributed by atoms with Gasteiger partial charge in [-0.2, -0.15) is 0 Å². The fourth-order valence-corrected chi connectivity index (χ4v) is 1.46. The maximum absolute atomic E-state index is 5.78. The highest BCUT2D eigenvalue weighted by Gasteiger charge is 2.02. The van der Waals surface area contributed by atoms with E-state index in [4.69, 9.17) is 15.2 Å². The van der Waals surface area contributed by atoms with Gasteiger partial charge in [-0.15, -0.1) is 0 Å². The van der Waals surface area contributed by atoms with E-state index in [1.165, 1.54) is 0 Å². The molecule has 0 aliphatic carbocycles. The van der Waals surface area contributed by atoms with E-state index in [9.17, 15) is 0 Å². The second-order valence-corrected chi connectivity index (χ2v) is 4.14. The van der Waals surface area contributed by atoms with Crippen LogP contribution >= 0.6 is 0 Å². The molecule has 1 aromatic rings. The Morgan fingerprint density at radius 1 is 1.24 bits per heavy atom. The quantitative estimate of drug-likeness (QED) is 0.583. The average Bonchev–Trinajstić information content (AvgIpc) is 2.28. The van der Waals surface area contributed by atoms with Crippen LogP contribution in [0.25, 0.3) is 0 Å². The number of ether oxygens (including phenoxy) is 2. The summed E-state index contributed by atoms with van der Waals surface area (Å²) in [7, 11) is 4.10. The third-order valence-corrected chi connectivity index (χ3v) is 2.30. The van der Waals surface area contributed by atoms with Crippen molar-refractivity contribution >= 4 is 5.69 Å². The van der Waals surface area contributed by atoms with Crippen LogP contribution in [0.15, 0.2) is 18.2 Å². The molecule has 4 nitrogen and oxygen atoms in total. The number of nitrogens with two attached hydrogens (primary N) is 1. The molecule has 0 amide bonds. The zero-order valence-electron chi connectivity index (χ0n) is 10.9. The molecule has 0 saturated heterocycles. The lowest BCUT2D eigenvalue weighted by Crippen LogP contribution is -2.15. The maximum atomic E-state index is 5.78. The number of nitrogen functional groups attached to an aromatic ring is 1. The summed E-state index contributed by atoms with van der Waals surface area (Å²) in [6, 6.07) is 5.52. The van der Waals surface area contributed by atoms with Crippen LogP contribution in [0.1, 0.15) is 13.3 Å². The molecule has 1 aromatic carbocycles. The molecule has 0 atom stereocenters. The molecule has 0 saturated carbocycles. The summed E-state index contributed by atoms with van der Waals surface area (Å²) >= 11 is 0. The molecule has 2 N–H and O–H groups in total. The van der Waals surface area contributed by atoms with E-state index in [0.29, 0.717) is 24.7 Å². The smallest absolute Gasteiger partial charge is 0.145 e. The van der Waals surface area contributed by atoms with Gasteiger partial charge in [0, 0.05) is 12.6 Å². The van der Waals surface area contributed by atoms with Crippen LogP contribution in [0.3, 0.4) is 0 Å². The van der Waals surface area contributed by atoms with Crippen molar-refractivity contribution in [3.05, 3.63) is 18.2 Å². The number of benzene rings is 1. The molecule has 0 heterocycles. The first-order chi connectivity index (χ1) is 8.13. The third-order valence-electron chi connectivity index (χ3n) is 2.30. The van der Waals surface area contributed by atoms with Gasteiger partial charge < -0.3 is 20.1 Å². The first-order valence-electron chi connectivity index (χ1n) is 5.93. The van der Waals surface area contributed by atoms with Gasteiger partial charge in [0.25, 0.3) is 0 Å². The van der Waals surface area contributed by atoms with E-state index in [2.05, 4.69) is 19.0 Å². The first kappa shape index (κ1) is 13.6. The second-order valence-electron chi connectivity index (χ2n) is 4.14. The van der Waals surface area contributed by atoms with Gasteiger partial charge in [0.2, 0.25) is 0 Å². The van der Waals surface area contributed by atoms with Gasteiger partial charge >= 0.3 is 0 Å². The highest BCUT2D eigenvalue weighted by Crippen LogP contribution is 2.26. The largest absolute Gasteiger partial charge is 0.493 e. The number of hydrogen-bond donors (Lipinski definition) is 1. The minimum absolute atomic E-state index is 0.605. The molecule has 0 aliphatic heterocycles. The van der Waals surface area contributed by atoms with Crippen molar-refractivity contribution in [3.8, 4) is 11.5 Å². The molecule has 0 unspecified atom stereocenters. The Kier molecular flexibility index (Phi) is 5.63. The minimum Gasteiger partial charge on any atom is -0.493 e. The summed E-state index contributed by atoms with van der Waals surface area (Å²) in [5.41, 5.74) is 6.43. The third kappa shape index (κ3) is 4.95. The fraction of sp³-hybridized carbons (Fsp3) is 0.538. The van der Waals surface area contributed by atoms with Crippen molar-refractivity contribution in [1.29, 1.82) is 0 Å². The van der Waals surface area contributed by atoms with E-state index < -0.39 is 0 Å². The summed E-state index contributed by atoms with van der Waals surface area (Å²) < 4.78 is 11.0. The number of nitrogens with zero attached hydrogens (tertiary/aromatic N) is 1. The van der Waals surface area contributed by atoms with E-state index >= 15 is 0 Å². The summed E-state index contributed by atoms with van der Waals surface area (Å²) in [4.78, 5) is 2.14. The van der Waals surface area contributed by atoms with Crippen LogP contribution in [0.5, 0.6) is 11.5 Å². The van der Waals surface area contributed by atoms with Gasteiger partial charge in [-0.25, -0.2) is 0 Å². The molecular weight excluding hydrogens is 216 g/mol. The number of rotatable bonds is 7. The normalized spacial score (nSPS) is 10.6. The zero-order chi connectivity index (χ0) is 12.7. The molecule has 17 heavy (non-hydrogen) atoms. The van der Waals surface area contributed by atoms with Gasteiger partial charge in [-0.1, -0.05) is 0 Å². The highest BCUT2D eigenvalue weighted by atomic mass is 16.5. The molecule has 1 rings (SSSR count). The maximum Gasteiger partial charge on any atom is 0.145 e. The van der Waals surface area contributed by atoms with Crippen molar-refractivity contribution in [2.24, 2.45) is 0 Å². The summed E-state index contributed by atoms with van der Waals surface area (Å²) in [6.45, 7) is 4.26. The standard InChI is InChI=1S/C13H22N2O2/c1-4-16-13-10-11(6-7-12(13)14)17-9-5-8-15(2)3/h6-7,10H,4-5,8-9,14H2,1-3H3. The van der Waals surface area contributed by atoms with E-state index in [-0.39, 0.29) is 0 Å². The molecule has 4 heteroatoms. The Morgan fingerprint density at radius 3 is 2.65 bits per heavy atom. The molecule has 0 bridgehead atoms. The van der Waals surface area contributed by atoms with Crippen molar-refractivity contribution in [1.82, 2.24) is 4.90 Å². The van der Waals surface area contributed by atoms with E-state index in [1.54, 1.807) is 0 Å². The predicted molar refractivity (Wildman–Crippen MR) is 70.7 cm³/mol. The summed E-state index contributed by atoms with van der Waals surface area (Å²) in [5.74, 6) is 1.50. The Labute approximate surface area is 103 Å². The van der Waals surface area contributed by atoms with Crippen LogP contribution in [-0.2, 0) is 0 Å².